The number of sulfonamides is 1. The summed E-state index contributed by atoms with van der Waals surface area (Å²) in [6.07, 6.45) is 1.34. The Morgan fingerprint density at radius 3 is 2.37 bits per heavy atom. The van der Waals surface area contributed by atoms with Crippen LogP contribution in [-0.4, -0.2) is 51.4 Å². The molecule has 0 bridgehead atoms. The summed E-state index contributed by atoms with van der Waals surface area (Å²) in [6, 6.07) is 8.88. The van der Waals surface area contributed by atoms with Gasteiger partial charge in [0.2, 0.25) is 10.0 Å². The number of hydrogen-bond donors (Lipinski definition) is 2. The minimum atomic E-state index is -3.56. The van der Waals surface area contributed by atoms with Gasteiger partial charge in [0.15, 0.2) is 0 Å². The lowest BCUT2D eigenvalue weighted by Gasteiger charge is -2.11. The number of rotatable bonds is 7. The van der Waals surface area contributed by atoms with Crippen LogP contribution in [0.3, 0.4) is 0 Å². The average molecular weight is 392 g/mol. The molecule has 0 fully saturated rings. The van der Waals surface area contributed by atoms with Gasteiger partial charge < -0.3 is 9.73 Å². The predicted octanol–water partition coefficient (Wildman–Crippen LogP) is 0.718. The minimum absolute atomic E-state index is 0.0734. The topological polar surface area (TPSA) is 121 Å². The van der Waals surface area contributed by atoms with Gasteiger partial charge in [0.1, 0.15) is 11.5 Å². The van der Waals surface area contributed by atoms with Gasteiger partial charge in [-0.2, -0.15) is 5.10 Å². The number of hydrogen-bond acceptors (Lipinski definition) is 6. The molecule has 0 unspecified atom stereocenters. The van der Waals surface area contributed by atoms with Crippen molar-refractivity contribution in [3.05, 3.63) is 53.5 Å². The number of benzene rings is 1. The van der Waals surface area contributed by atoms with Crippen LogP contribution in [0.2, 0.25) is 0 Å². The zero-order valence-electron chi connectivity index (χ0n) is 15.1. The summed E-state index contributed by atoms with van der Waals surface area (Å²) in [7, 11) is -0.721. The normalized spacial score (nSPS) is 11.7. The highest BCUT2D eigenvalue weighted by molar-refractivity contribution is 7.89. The van der Waals surface area contributed by atoms with Gasteiger partial charge in [0, 0.05) is 19.7 Å². The summed E-state index contributed by atoms with van der Waals surface area (Å²) >= 11 is 0. The molecule has 0 saturated heterocycles. The van der Waals surface area contributed by atoms with Crippen LogP contribution in [0.5, 0.6) is 0 Å². The zero-order chi connectivity index (χ0) is 20.0. The van der Waals surface area contributed by atoms with Gasteiger partial charge in [0.25, 0.3) is 11.8 Å². The first-order valence-corrected chi connectivity index (χ1v) is 9.33. The second-order valence-electron chi connectivity index (χ2n) is 5.74. The van der Waals surface area contributed by atoms with Crippen molar-refractivity contribution in [1.29, 1.82) is 0 Å². The second kappa shape index (κ2) is 8.60. The van der Waals surface area contributed by atoms with Crippen LogP contribution in [-0.2, 0) is 14.8 Å². The van der Waals surface area contributed by atoms with Crippen LogP contribution in [0.25, 0.3) is 0 Å². The first-order valence-electron chi connectivity index (χ1n) is 7.89. The van der Waals surface area contributed by atoms with Gasteiger partial charge in [-0.1, -0.05) is 0 Å². The SMILES string of the molecule is Cc1ccc(/C=N\NC(=O)CNC(=O)c2ccc(S(=O)(=O)N(C)C)cc2)o1. The average Bonchev–Trinajstić information content (AvgIpc) is 3.04. The Hall–Kier alpha value is -2.98. The molecule has 0 saturated carbocycles. The molecule has 0 aliphatic carbocycles. The van der Waals surface area contributed by atoms with E-state index in [9.17, 15) is 18.0 Å². The third-order valence-electron chi connectivity index (χ3n) is 3.45. The van der Waals surface area contributed by atoms with Crippen LogP contribution in [0.15, 0.2) is 50.8 Å². The van der Waals surface area contributed by atoms with E-state index in [-0.39, 0.29) is 17.0 Å². The molecule has 2 aromatic rings. The van der Waals surface area contributed by atoms with Crippen molar-refractivity contribution in [3.63, 3.8) is 0 Å². The molecule has 10 heteroatoms. The Balaban J connectivity index is 1.86. The maximum atomic E-state index is 12.0. The molecule has 0 spiro atoms. The number of carbonyl (C=O) groups excluding carboxylic acids is 2. The van der Waals surface area contributed by atoms with Crippen molar-refractivity contribution in [3.8, 4) is 0 Å². The smallest absolute Gasteiger partial charge is 0.259 e. The van der Waals surface area contributed by atoms with Gasteiger partial charge in [-0.3, -0.25) is 9.59 Å². The molecule has 1 aromatic carbocycles. The van der Waals surface area contributed by atoms with E-state index < -0.39 is 21.8 Å². The predicted molar refractivity (Wildman–Crippen MR) is 98.8 cm³/mol. The van der Waals surface area contributed by atoms with Gasteiger partial charge in [-0.15, -0.1) is 0 Å². The van der Waals surface area contributed by atoms with Crippen LogP contribution < -0.4 is 10.7 Å². The summed E-state index contributed by atoms with van der Waals surface area (Å²) in [5.41, 5.74) is 2.49. The lowest BCUT2D eigenvalue weighted by molar-refractivity contribution is -0.120. The number of aryl methyl sites for hydroxylation is 1. The maximum absolute atomic E-state index is 12.0. The van der Waals surface area contributed by atoms with Gasteiger partial charge >= 0.3 is 0 Å². The molecule has 0 aliphatic heterocycles. The third kappa shape index (κ3) is 5.50. The van der Waals surface area contributed by atoms with E-state index in [4.69, 9.17) is 4.42 Å². The third-order valence-corrected chi connectivity index (χ3v) is 5.28. The summed E-state index contributed by atoms with van der Waals surface area (Å²) in [4.78, 5) is 23.8. The molecule has 2 N–H and O–H groups in total. The van der Waals surface area contributed by atoms with Crippen molar-refractivity contribution in [2.75, 3.05) is 20.6 Å². The number of nitrogens with one attached hydrogen (secondary N) is 2. The summed E-state index contributed by atoms with van der Waals surface area (Å²) in [5.74, 6) is 0.184. The highest BCUT2D eigenvalue weighted by Crippen LogP contribution is 2.13. The molecule has 27 heavy (non-hydrogen) atoms. The Kier molecular flexibility index (Phi) is 6.48. The molecule has 144 valence electrons. The van der Waals surface area contributed by atoms with Crippen molar-refractivity contribution >= 4 is 28.1 Å². The van der Waals surface area contributed by atoms with Crippen LogP contribution in [0, 0.1) is 6.92 Å². The molecule has 0 aliphatic rings. The fourth-order valence-electron chi connectivity index (χ4n) is 1.98. The quantitative estimate of drug-likeness (QED) is 0.531. The number of nitrogens with zero attached hydrogens (tertiary/aromatic N) is 2. The highest BCUT2D eigenvalue weighted by atomic mass is 32.2. The fourth-order valence-corrected chi connectivity index (χ4v) is 2.88. The maximum Gasteiger partial charge on any atom is 0.259 e. The van der Waals surface area contributed by atoms with Crippen molar-refractivity contribution in [2.45, 2.75) is 11.8 Å². The zero-order valence-corrected chi connectivity index (χ0v) is 15.9. The Morgan fingerprint density at radius 2 is 1.81 bits per heavy atom. The monoisotopic (exact) mass is 392 g/mol. The number of amides is 2. The number of carbonyl (C=O) groups is 2. The van der Waals surface area contributed by atoms with Gasteiger partial charge in [-0.25, -0.2) is 18.1 Å². The van der Waals surface area contributed by atoms with E-state index >= 15 is 0 Å². The first-order chi connectivity index (χ1) is 12.7. The first kappa shape index (κ1) is 20.3. The van der Waals surface area contributed by atoms with Crippen LogP contribution >= 0.6 is 0 Å². The highest BCUT2D eigenvalue weighted by Gasteiger charge is 2.17. The fraction of sp³-hybridized carbons (Fsp3) is 0.235. The van der Waals surface area contributed by atoms with Crippen molar-refractivity contribution in [2.24, 2.45) is 5.10 Å². The van der Waals surface area contributed by atoms with Crippen molar-refractivity contribution < 1.29 is 22.4 Å². The summed E-state index contributed by atoms with van der Waals surface area (Å²) in [5, 5.41) is 6.14. The minimum Gasteiger partial charge on any atom is -0.460 e. The molecule has 0 atom stereocenters. The van der Waals surface area contributed by atoms with Gasteiger partial charge in [-0.05, 0) is 43.3 Å². The van der Waals surface area contributed by atoms with E-state index in [1.165, 1.54) is 44.6 Å². The largest absolute Gasteiger partial charge is 0.460 e. The molecule has 9 nitrogen and oxygen atoms in total. The molecule has 0 radical (unpaired) electrons. The van der Waals surface area contributed by atoms with Crippen LogP contribution in [0.4, 0.5) is 0 Å². The molecule has 2 rings (SSSR count). The molecule has 2 amide bonds. The van der Waals surface area contributed by atoms with E-state index in [1.54, 1.807) is 19.1 Å². The van der Waals surface area contributed by atoms with E-state index in [1.807, 2.05) is 0 Å². The van der Waals surface area contributed by atoms with Gasteiger partial charge in [0.05, 0.1) is 17.7 Å². The van der Waals surface area contributed by atoms with Crippen LogP contribution in [0.1, 0.15) is 21.9 Å². The summed E-state index contributed by atoms with van der Waals surface area (Å²) < 4.78 is 30.3. The lowest BCUT2D eigenvalue weighted by Crippen LogP contribution is -2.34. The van der Waals surface area contributed by atoms with E-state index in [0.717, 1.165) is 10.1 Å². The lowest BCUT2D eigenvalue weighted by atomic mass is 10.2. The Labute approximate surface area is 157 Å². The molecular weight excluding hydrogens is 372 g/mol. The second-order valence-corrected chi connectivity index (χ2v) is 7.89. The Morgan fingerprint density at radius 1 is 1.15 bits per heavy atom. The van der Waals surface area contributed by atoms with Crippen molar-refractivity contribution in [1.82, 2.24) is 15.0 Å². The molecule has 1 aromatic heterocycles. The van der Waals surface area contributed by atoms with E-state index in [2.05, 4.69) is 15.8 Å². The Bertz CT molecular complexity index is 946. The summed E-state index contributed by atoms with van der Waals surface area (Å²) in [6.45, 7) is 1.50. The molecule has 1 heterocycles. The number of furan rings is 1. The molecular formula is C17H20N4O5S. The standard InChI is InChI=1S/C17H20N4O5S/c1-12-4-7-14(26-12)10-19-20-16(22)11-18-17(23)13-5-8-15(9-6-13)27(24,25)21(2)3/h4-10H,11H2,1-3H3,(H,18,23)(H,20,22)/b19-10-. The number of hydrazone groups is 1. The van der Waals surface area contributed by atoms with E-state index in [0.29, 0.717) is 5.76 Å².